The second kappa shape index (κ2) is 9.99. The van der Waals surface area contributed by atoms with E-state index in [9.17, 15) is 9.59 Å². The number of hydrogen-bond acceptors (Lipinski definition) is 4. The lowest BCUT2D eigenvalue weighted by Gasteiger charge is -2.23. The first-order valence-electron chi connectivity index (χ1n) is 12.0. The van der Waals surface area contributed by atoms with E-state index in [2.05, 4.69) is 4.98 Å². The van der Waals surface area contributed by atoms with Crippen molar-refractivity contribution in [3.05, 3.63) is 99.3 Å². The van der Waals surface area contributed by atoms with Gasteiger partial charge < -0.3 is 9.72 Å². The molecule has 0 saturated carbocycles. The van der Waals surface area contributed by atoms with Gasteiger partial charge in [0.2, 0.25) is 5.91 Å². The summed E-state index contributed by atoms with van der Waals surface area (Å²) in [4.78, 5) is 29.6. The maximum Gasteiger partial charge on any atom is 0.258 e. The van der Waals surface area contributed by atoms with Crippen molar-refractivity contribution in [2.45, 2.75) is 32.7 Å². The summed E-state index contributed by atoms with van der Waals surface area (Å²) in [6.07, 6.45) is 0.671. The Morgan fingerprint density at radius 3 is 2.56 bits per heavy atom. The van der Waals surface area contributed by atoms with Gasteiger partial charge in [0.1, 0.15) is 5.75 Å². The quantitative estimate of drug-likeness (QED) is 0.336. The molecule has 4 aromatic rings. The van der Waals surface area contributed by atoms with Crippen LogP contribution in [0.5, 0.6) is 5.75 Å². The van der Waals surface area contributed by atoms with Crippen molar-refractivity contribution in [1.82, 2.24) is 9.99 Å². The Hall–Kier alpha value is -3.90. The van der Waals surface area contributed by atoms with Crippen molar-refractivity contribution in [3.8, 4) is 16.9 Å². The SMILES string of the molecule is CCOc1ccccc1[C@H]1CC(c2c(-c3ccccc3)c3cc(Cl)ccc3[nH]c2=O)=NN1C(=O)CC. The number of pyridine rings is 1. The second-order valence-electron chi connectivity index (χ2n) is 8.59. The van der Waals surface area contributed by atoms with E-state index in [1.54, 1.807) is 12.1 Å². The van der Waals surface area contributed by atoms with Gasteiger partial charge in [-0.3, -0.25) is 9.59 Å². The summed E-state index contributed by atoms with van der Waals surface area (Å²) in [5.74, 6) is 0.584. The van der Waals surface area contributed by atoms with Crippen LogP contribution >= 0.6 is 11.6 Å². The number of nitrogens with one attached hydrogen (secondary N) is 1. The lowest BCUT2D eigenvalue weighted by atomic mass is 9.91. The van der Waals surface area contributed by atoms with Gasteiger partial charge in [0.05, 0.1) is 23.9 Å². The first-order valence-corrected chi connectivity index (χ1v) is 12.4. The van der Waals surface area contributed by atoms with Crippen LogP contribution in [0.15, 0.2) is 82.7 Å². The van der Waals surface area contributed by atoms with Crippen molar-refractivity contribution < 1.29 is 9.53 Å². The number of rotatable bonds is 6. The Balaban J connectivity index is 1.73. The molecule has 182 valence electrons. The minimum Gasteiger partial charge on any atom is -0.494 e. The molecule has 3 aromatic carbocycles. The van der Waals surface area contributed by atoms with E-state index in [0.717, 1.165) is 22.1 Å². The summed E-state index contributed by atoms with van der Waals surface area (Å²) in [6.45, 7) is 4.23. The molecule has 6 nitrogen and oxygen atoms in total. The molecule has 1 aliphatic heterocycles. The highest BCUT2D eigenvalue weighted by Crippen LogP contribution is 2.40. The lowest BCUT2D eigenvalue weighted by molar-refractivity contribution is -0.132. The Morgan fingerprint density at radius 1 is 1.06 bits per heavy atom. The van der Waals surface area contributed by atoms with Crippen molar-refractivity contribution in [1.29, 1.82) is 0 Å². The van der Waals surface area contributed by atoms with Gasteiger partial charge in [-0.05, 0) is 36.8 Å². The van der Waals surface area contributed by atoms with Gasteiger partial charge in [-0.15, -0.1) is 0 Å². The molecular formula is C29H26ClN3O3. The second-order valence-corrected chi connectivity index (χ2v) is 9.03. The molecule has 7 heteroatoms. The summed E-state index contributed by atoms with van der Waals surface area (Å²) < 4.78 is 5.87. The van der Waals surface area contributed by atoms with Crippen LogP contribution in [0.4, 0.5) is 0 Å². The Labute approximate surface area is 214 Å². The average molecular weight is 500 g/mol. The summed E-state index contributed by atoms with van der Waals surface area (Å²) in [5.41, 5.74) is 3.91. The zero-order valence-electron chi connectivity index (χ0n) is 20.1. The maximum atomic E-state index is 13.6. The number of H-pyrrole nitrogens is 1. The summed E-state index contributed by atoms with van der Waals surface area (Å²) >= 11 is 6.37. The van der Waals surface area contributed by atoms with E-state index in [4.69, 9.17) is 21.4 Å². The molecule has 0 radical (unpaired) electrons. The number of benzene rings is 3. The minimum absolute atomic E-state index is 0.122. The first kappa shape index (κ1) is 23.8. The van der Waals surface area contributed by atoms with Gasteiger partial charge in [-0.25, -0.2) is 5.01 Å². The van der Waals surface area contributed by atoms with Crippen molar-refractivity contribution in [3.63, 3.8) is 0 Å². The number of ether oxygens (including phenoxy) is 1. The van der Waals surface area contributed by atoms with Crippen LogP contribution in [0.2, 0.25) is 5.02 Å². The van der Waals surface area contributed by atoms with Crippen molar-refractivity contribution >= 4 is 34.1 Å². The van der Waals surface area contributed by atoms with Gasteiger partial charge in [0, 0.05) is 39.9 Å². The summed E-state index contributed by atoms with van der Waals surface area (Å²) in [5, 5.41) is 7.64. The van der Waals surface area contributed by atoms with Gasteiger partial charge in [-0.2, -0.15) is 5.10 Å². The molecule has 36 heavy (non-hydrogen) atoms. The predicted molar refractivity (Wildman–Crippen MR) is 144 cm³/mol. The number of halogens is 1. The summed E-state index contributed by atoms with van der Waals surface area (Å²) in [6, 6.07) is 22.4. The third-order valence-electron chi connectivity index (χ3n) is 6.37. The molecule has 5 rings (SSSR count). The standard InChI is InChI=1S/C29H26ClN3O3/c1-3-26(34)33-24(20-12-8-9-13-25(20)36-4-2)17-23(32-33)28-27(18-10-6-5-7-11-18)21-16-19(30)14-15-22(21)31-29(28)35/h5-16,24H,3-4,17H2,1-2H3,(H,31,35)/t24-/m1/s1. The zero-order chi connectivity index (χ0) is 25.2. The van der Waals surface area contributed by atoms with Gasteiger partial charge in [-0.1, -0.05) is 67.1 Å². The molecule has 1 aliphatic rings. The highest BCUT2D eigenvalue weighted by molar-refractivity contribution is 6.31. The fourth-order valence-corrected chi connectivity index (χ4v) is 4.96. The Morgan fingerprint density at radius 2 is 1.81 bits per heavy atom. The average Bonchev–Trinajstić information content (AvgIpc) is 3.33. The smallest absolute Gasteiger partial charge is 0.258 e. The third-order valence-corrected chi connectivity index (χ3v) is 6.61. The van der Waals surface area contributed by atoms with Gasteiger partial charge in [0.15, 0.2) is 0 Å². The normalized spacial score (nSPS) is 15.2. The number of aromatic nitrogens is 1. The van der Waals surface area contributed by atoms with Gasteiger partial charge in [0.25, 0.3) is 5.56 Å². The van der Waals surface area contributed by atoms with Crippen molar-refractivity contribution in [2.75, 3.05) is 6.61 Å². The molecule has 1 aromatic heterocycles. The fraction of sp³-hybridized carbons (Fsp3) is 0.207. The Kier molecular flexibility index (Phi) is 6.61. The van der Waals surface area contributed by atoms with Crippen LogP contribution in [0.1, 0.15) is 43.9 Å². The number of amides is 1. The number of nitrogens with zero attached hydrogens (tertiary/aromatic N) is 2. The monoisotopic (exact) mass is 499 g/mol. The van der Waals surface area contributed by atoms with Crippen molar-refractivity contribution in [2.24, 2.45) is 5.10 Å². The molecule has 0 saturated heterocycles. The summed E-state index contributed by atoms with van der Waals surface area (Å²) in [7, 11) is 0. The predicted octanol–water partition coefficient (Wildman–Crippen LogP) is 6.33. The largest absolute Gasteiger partial charge is 0.494 e. The minimum atomic E-state index is -0.381. The molecule has 1 N–H and O–H groups in total. The van der Waals surface area contributed by atoms with E-state index >= 15 is 0 Å². The molecule has 1 amide bonds. The highest BCUT2D eigenvalue weighted by atomic mass is 35.5. The van der Waals surface area contributed by atoms with E-state index in [1.807, 2.05) is 74.5 Å². The number of aromatic amines is 1. The Bertz CT molecular complexity index is 1530. The van der Waals surface area contributed by atoms with E-state index in [-0.39, 0.29) is 17.5 Å². The van der Waals surface area contributed by atoms with E-state index < -0.39 is 0 Å². The number of hydrazone groups is 1. The molecular weight excluding hydrogens is 474 g/mol. The molecule has 0 spiro atoms. The van der Waals surface area contributed by atoms with Crippen LogP contribution in [0.25, 0.3) is 22.0 Å². The molecule has 0 fully saturated rings. The van der Waals surface area contributed by atoms with Crippen LogP contribution < -0.4 is 10.3 Å². The highest BCUT2D eigenvalue weighted by Gasteiger charge is 2.36. The number of carbonyl (C=O) groups is 1. The maximum absolute atomic E-state index is 13.6. The number of para-hydroxylation sites is 1. The molecule has 1 atom stereocenters. The number of fused-ring (bicyclic) bond motifs is 1. The van der Waals surface area contributed by atoms with Crippen LogP contribution in [0.3, 0.4) is 0 Å². The lowest BCUT2D eigenvalue weighted by Crippen LogP contribution is -2.26. The number of hydrogen-bond donors (Lipinski definition) is 1. The van der Waals surface area contributed by atoms with Crippen LogP contribution in [-0.2, 0) is 4.79 Å². The third kappa shape index (κ3) is 4.29. The van der Waals surface area contributed by atoms with Crippen LogP contribution in [0, 0.1) is 0 Å². The zero-order valence-corrected chi connectivity index (χ0v) is 20.9. The molecule has 2 heterocycles. The van der Waals surface area contributed by atoms with E-state index in [0.29, 0.717) is 47.0 Å². The van der Waals surface area contributed by atoms with Crippen LogP contribution in [-0.4, -0.2) is 28.2 Å². The fourth-order valence-electron chi connectivity index (χ4n) is 4.78. The first-order chi connectivity index (χ1) is 17.5. The van der Waals surface area contributed by atoms with E-state index in [1.165, 1.54) is 5.01 Å². The molecule has 0 bridgehead atoms. The topological polar surface area (TPSA) is 74.8 Å². The molecule has 0 unspecified atom stereocenters. The molecule has 0 aliphatic carbocycles. The van der Waals surface area contributed by atoms with Gasteiger partial charge >= 0.3 is 0 Å². The number of carbonyl (C=O) groups excluding carboxylic acids is 1.